The van der Waals surface area contributed by atoms with Crippen LogP contribution in [0.3, 0.4) is 0 Å². The van der Waals surface area contributed by atoms with Crippen molar-refractivity contribution in [3.05, 3.63) is 92.7 Å². The van der Waals surface area contributed by atoms with E-state index >= 15 is 0 Å². The van der Waals surface area contributed by atoms with Gasteiger partial charge in [-0.3, -0.25) is 19.0 Å². The highest BCUT2D eigenvalue weighted by Crippen LogP contribution is 2.23. The van der Waals surface area contributed by atoms with Crippen molar-refractivity contribution < 1.29 is 9.59 Å². The number of nitrogens with zero attached hydrogens (tertiary/aromatic N) is 2. The molecule has 2 heterocycles. The molecular formula is C21H14ClN3O3S. The summed E-state index contributed by atoms with van der Waals surface area (Å²) in [6.07, 6.45) is 1.57. The van der Waals surface area contributed by atoms with Gasteiger partial charge in [-0.2, -0.15) is 0 Å². The fourth-order valence-electron chi connectivity index (χ4n) is 2.92. The van der Waals surface area contributed by atoms with Crippen LogP contribution >= 0.6 is 22.9 Å². The molecule has 4 rings (SSSR count). The summed E-state index contributed by atoms with van der Waals surface area (Å²) in [6.45, 7) is -0.146. The predicted octanol–water partition coefficient (Wildman–Crippen LogP) is 3.98. The molecule has 2 aromatic heterocycles. The first-order valence-corrected chi connectivity index (χ1v) is 9.86. The molecule has 0 atom stereocenters. The molecule has 29 heavy (non-hydrogen) atoms. The van der Waals surface area contributed by atoms with Crippen LogP contribution < -0.4 is 10.2 Å². The molecule has 0 unspecified atom stereocenters. The lowest BCUT2D eigenvalue weighted by Gasteiger charge is -2.06. The average Bonchev–Trinajstić information content (AvgIpc) is 3.03. The summed E-state index contributed by atoms with van der Waals surface area (Å²) in [7, 11) is 0. The number of thiazole rings is 1. The highest BCUT2D eigenvalue weighted by molar-refractivity contribution is 7.16. The third-order valence-electron chi connectivity index (χ3n) is 4.28. The molecule has 0 saturated heterocycles. The number of anilines is 1. The molecule has 1 N–H and O–H groups in total. The first-order chi connectivity index (χ1) is 14.0. The first-order valence-electron chi connectivity index (χ1n) is 8.66. The number of hydrogen-bond acceptors (Lipinski definition) is 5. The van der Waals surface area contributed by atoms with Crippen LogP contribution in [0.5, 0.6) is 0 Å². The Morgan fingerprint density at radius 3 is 2.62 bits per heavy atom. The number of hydrogen-bond donors (Lipinski definition) is 1. The molecule has 0 aliphatic rings. The van der Waals surface area contributed by atoms with Gasteiger partial charge in [-0.05, 0) is 42.5 Å². The number of ketones is 1. The summed E-state index contributed by atoms with van der Waals surface area (Å²) in [5.74, 6) is -0.169. The Kier molecular flexibility index (Phi) is 5.24. The van der Waals surface area contributed by atoms with E-state index in [1.54, 1.807) is 66.9 Å². The minimum absolute atomic E-state index is 0.146. The summed E-state index contributed by atoms with van der Waals surface area (Å²) in [4.78, 5) is 41.2. The fraction of sp³-hybridized carbons (Fsp3) is 0.0476. The lowest BCUT2D eigenvalue weighted by molar-refractivity contribution is -0.116. The van der Waals surface area contributed by atoms with E-state index < -0.39 is 0 Å². The third-order valence-corrected chi connectivity index (χ3v) is 5.55. The Morgan fingerprint density at radius 1 is 1.07 bits per heavy atom. The summed E-state index contributed by atoms with van der Waals surface area (Å²) in [6, 6.07) is 16.9. The van der Waals surface area contributed by atoms with Crippen LogP contribution in [-0.4, -0.2) is 21.2 Å². The average molecular weight is 424 g/mol. The number of benzene rings is 2. The highest BCUT2D eigenvalue weighted by atomic mass is 35.5. The molecule has 8 heteroatoms. The second kappa shape index (κ2) is 7.98. The van der Waals surface area contributed by atoms with Gasteiger partial charge in [-0.15, -0.1) is 0 Å². The molecular weight excluding hydrogens is 410 g/mol. The largest absolute Gasteiger partial charge is 0.309 e. The summed E-state index contributed by atoms with van der Waals surface area (Å²) >= 11 is 7.10. The number of rotatable bonds is 5. The lowest BCUT2D eigenvalue weighted by Crippen LogP contribution is -2.24. The summed E-state index contributed by atoms with van der Waals surface area (Å²) in [5, 5.41) is 3.03. The van der Waals surface area contributed by atoms with Crippen LogP contribution in [0.1, 0.15) is 15.9 Å². The molecule has 6 nitrogen and oxygen atoms in total. The Hall–Kier alpha value is -3.29. The number of aromatic nitrogens is 2. The van der Waals surface area contributed by atoms with Crippen molar-refractivity contribution in [2.24, 2.45) is 0 Å². The number of nitrogens with one attached hydrogen (secondary N) is 1. The normalized spacial score (nSPS) is 10.8. The van der Waals surface area contributed by atoms with Gasteiger partial charge in [0.2, 0.25) is 5.91 Å². The van der Waals surface area contributed by atoms with E-state index in [4.69, 9.17) is 11.6 Å². The van der Waals surface area contributed by atoms with Gasteiger partial charge in [0.05, 0.1) is 15.2 Å². The maximum absolute atomic E-state index is 12.7. The molecule has 0 bridgehead atoms. The molecule has 2 aromatic carbocycles. The smallest absolute Gasteiger partial charge is 0.308 e. The zero-order valence-electron chi connectivity index (χ0n) is 15.0. The minimum atomic E-state index is -0.360. The molecule has 0 spiro atoms. The zero-order valence-corrected chi connectivity index (χ0v) is 16.5. The molecule has 1 amide bonds. The topological polar surface area (TPSA) is 81.1 Å². The van der Waals surface area contributed by atoms with Crippen LogP contribution in [0.4, 0.5) is 5.82 Å². The number of fused-ring (bicyclic) bond motifs is 1. The van der Waals surface area contributed by atoms with Crippen molar-refractivity contribution >= 4 is 50.7 Å². The molecule has 0 radical (unpaired) electrons. The number of amides is 1. The van der Waals surface area contributed by atoms with Crippen molar-refractivity contribution in [1.29, 1.82) is 0 Å². The van der Waals surface area contributed by atoms with Gasteiger partial charge in [0.1, 0.15) is 12.4 Å². The highest BCUT2D eigenvalue weighted by Gasteiger charge is 2.16. The van der Waals surface area contributed by atoms with Gasteiger partial charge in [-0.25, -0.2) is 4.98 Å². The van der Waals surface area contributed by atoms with Crippen molar-refractivity contribution in [2.45, 2.75) is 6.54 Å². The van der Waals surface area contributed by atoms with Crippen LogP contribution in [-0.2, 0) is 11.3 Å². The zero-order chi connectivity index (χ0) is 20.4. The Bertz CT molecular complexity index is 1280. The molecule has 4 aromatic rings. The molecule has 0 aliphatic heterocycles. The van der Waals surface area contributed by atoms with Gasteiger partial charge in [-0.1, -0.05) is 41.1 Å². The molecule has 144 valence electrons. The SMILES string of the molecule is O=C(Cn1c(=O)sc2cc(C(=O)c3ccccc3Cl)ccc21)Nc1ccccn1. The van der Waals surface area contributed by atoms with Crippen molar-refractivity contribution in [2.75, 3.05) is 5.32 Å². The van der Waals surface area contributed by atoms with Gasteiger partial charge in [0, 0.05) is 17.3 Å². The summed E-state index contributed by atoms with van der Waals surface area (Å²) < 4.78 is 2.00. The predicted molar refractivity (Wildman–Crippen MR) is 114 cm³/mol. The quantitative estimate of drug-likeness (QED) is 0.492. The number of carbonyl (C=O) groups is 2. The monoisotopic (exact) mass is 423 g/mol. The van der Waals surface area contributed by atoms with E-state index in [1.807, 2.05) is 0 Å². The van der Waals surface area contributed by atoms with E-state index in [9.17, 15) is 14.4 Å². The number of halogens is 1. The van der Waals surface area contributed by atoms with Gasteiger partial charge in [0.15, 0.2) is 5.78 Å². The standard InChI is InChI=1S/C21H14ClN3O3S/c22-15-6-2-1-5-14(15)20(27)13-8-9-16-17(11-13)29-21(28)25(16)12-19(26)24-18-7-3-4-10-23-18/h1-11H,12H2,(H,23,24,26). The molecule has 0 saturated carbocycles. The summed E-state index contributed by atoms with van der Waals surface area (Å²) in [5.41, 5.74) is 1.42. The minimum Gasteiger partial charge on any atom is -0.309 e. The van der Waals surface area contributed by atoms with Crippen LogP contribution in [0.25, 0.3) is 10.2 Å². The molecule has 0 aliphatic carbocycles. The van der Waals surface area contributed by atoms with Crippen molar-refractivity contribution in [3.63, 3.8) is 0 Å². The fourth-order valence-corrected chi connectivity index (χ4v) is 4.07. The van der Waals surface area contributed by atoms with Gasteiger partial charge < -0.3 is 5.32 Å². The van der Waals surface area contributed by atoms with Crippen LogP contribution in [0.15, 0.2) is 71.7 Å². The van der Waals surface area contributed by atoms with Crippen molar-refractivity contribution in [3.8, 4) is 0 Å². The molecule has 0 fully saturated rings. The second-order valence-corrected chi connectivity index (χ2v) is 7.61. The first kappa shape index (κ1) is 19.0. The van der Waals surface area contributed by atoms with E-state index in [2.05, 4.69) is 10.3 Å². The van der Waals surface area contributed by atoms with Gasteiger partial charge in [0.25, 0.3) is 0 Å². The van der Waals surface area contributed by atoms with E-state index in [0.29, 0.717) is 32.2 Å². The lowest BCUT2D eigenvalue weighted by atomic mass is 10.0. The number of carbonyl (C=O) groups excluding carboxylic acids is 2. The van der Waals surface area contributed by atoms with E-state index in [0.717, 1.165) is 11.3 Å². The van der Waals surface area contributed by atoms with Crippen molar-refractivity contribution in [1.82, 2.24) is 9.55 Å². The second-order valence-electron chi connectivity index (χ2n) is 6.21. The van der Waals surface area contributed by atoms with Crippen LogP contribution in [0, 0.1) is 0 Å². The number of pyridine rings is 1. The van der Waals surface area contributed by atoms with E-state index in [1.165, 1.54) is 4.57 Å². The van der Waals surface area contributed by atoms with Gasteiger partial charge >= 0.3 is 4.87 Å². The maximum atomic E-state index is 12.7. The maximum Gasteiger partial charge on any atom is 0.308 e. The van der Waals surface area contributed by atoms with E-state index in [-0.39, 0.29) is 23.1 Å². The Balaban J connectivity index is 1.62. The van der Waals surface area contributed by atoms with Crippen LogP contribution in [0.2, 0.25) is 5.02 Å². The third kappa shape index (κ3) is 3.96. The Morgan fingerprint density at radius 2 is 1.86 bits per heavy atom. The Labute approximate surface area is 174 Å².